The van der Waals surface area contributed by atoms with Crippen LogP contribution in [-0.4, -0.2) is 23.3 Å². The van der Waals surface area contributed by atoms with Crippen LogP contribution in [0, 0.1) is 5.41 Å². The van der Waals surface area contributed by atoms with E-state index >= 15 is 0 Å². The van der Waals surface area contributed by atoms with Crippen LogP contribution in [0.4, 0.5) is 5.69 Å². The first-order valence-corrected chi connectivity index (χ1v) is 8.32. The Morgan fingerprint density at radius 2 is 1.87 bits per heavy atom. The van der Waals surface area contributed by atoms with E-state index in [0.29, 0.717) is 6.54 Å². The van der Waals surface area contributed by atoms with E-state index in [2.05, 4.69) is 15.6 Å². The number of nitrogens with zero attached hydrogens (tertiary/aromatic N) is 1. The molecule has 0 bridgehead atoms. The number of carbonyl (C=O) groups is 2. The number of hydrogen-bond donors (Lipinski definition) is 2. The molecule has 0 aliphatic rings. The van der Waals surface area contributed by atoms with Gasteiger partial charge >= 0.3 is 0 Å². The average Bonchev–Trinajstić information content (AvgIpc) is 3.01. The van der Waals surface area contributed by atoms with Crippen molar-refractivity contribution >= 4 is 28.8 Å². The zero-order chi connectivity index (χ0) is 16.9. The number of rotatable bonds is 5. The number of anilines is 1. The summed E-state index contributed by atoms with van der Waals surface area (Å²) < 4.78 is 0. The summed E-state index contributed by atoms with van der Waals surface area (Å²) >= 11 is 1.57. The van der Waals surface area contributed by atoms with Gasteiger partial charge in [0.05, 0.1) is 0 Å². The fourth-order valence-corrected chi connectivity index (χ4v) is 2.48. The summed E-state index contributed by atoms with van der Waals surface area (Å²) in [6, 6.07) is 7.55. The van der Waals surface area contributed by atoms with Crippen molar-refractivity contribution in [1.29, 1.82) is 0 Å². The summed E-state index contributed by atoms with van der Waals surface area (Å²) in [7, 11) is 0. The van der Waals surface area contributed by atoms with Crippen LogP contribution in [0.1, 0.15) is 27.2 Å². The predicted molar refractivity (Wildman–Crippen MR) is 93.3 cm³/mol. The van der Waals surface area contributed by atoms with Crippen LogP contribution in [0.2, 0.25) is 0 Å². The monoisotopic (exact) mass is 331 g/mol. The minimum absolute atomic E-state index is 0.0573. The topological polar surface area (TPSA) is 71.1 Å². The highest BCUT2D eigenvalue weighted by Crippen LogP contribution is 2.23. The maximum Gasteiger partial charge on any atom is 0.226 e. The Morgan fingerprint density at radius 3 is 2.43 bits per heavy atom. The van der Waals surface area contributed by atoms with Crippen molar-refractivity contribution in [3.63, 3.8) is 0 Å². The third-order valence-electron chi connectivity index (χ3n) is 3.17. The molecule has 122 valence electrons. The summed E-state index contributed by atoms with van der Waals surface area (Å²) in [5.74, 6) is -0.181. The molecule has 0 spiro atoms. The van der Waals surface area contributed by atoms with E-state index in [1.165, 1.54) is 0 Å². The van der Waals surface area contributed by atoms with Gasteiger partial charge < -0.3 is 10.6 Å². The molecule has 6 heteroatoms. The van der Waals surface area contributed by atoms with Crippen LogP contribution < -0.4 is 10.6 Å². The fraction of sp³-hybridized carbons (Fsp3) is 0.353. The molecule has 0 unspecified atom stereocenters. The van der Waals surface area contributed by atoms with Crippen LogP contribution >= 0.6 is 11.3 Å². The first kappa shape index (κ1) is 17.1. The second-order valence-electron chi connectivity index (χ2n) is 6.22. The van der Waals surface area contributed by atoms with Crippen molar-refractivity contribution in [3.8, 4) is 10.6 Å². The second kappa shape index (κ2) is 7.37. The van der Waals surface area contributed by atoms with Crippen molar-refractivity contribution in [2.45, 2.75) is 27.2 Å². The van der Waals surface area contributed by atoms with Crippen molar-refractivity contribution in [3.05, 3.63) is 35.8 Å². The van der Waals surface area contributed by atoms with Crippen molar-refractivity contribution in [2.75, 3.05) is 11.9 Å². The standard InChI is InChI=1S/C17H21N3O2S/c1-17(2,3)16(22)19-9-8-14(21)20-13-6-4-12(5-7-13)15-18-10-11-23-15/h4-7,10-11H,8-9H2,1-3H3,(H,19,22)(H,20,21). The summed E-state index contributed by atoms with van der Waals surface area (Å²) in [6.07, 6.45) is 2.01. The van der Waals surface area contributed by atoms with Crippen LogP contribution in [0.3, 0.4) is 0 Å². The van der Waals surface area contributed by atoms with Gasteiger partial charge in [-0.1, -0.05) is 20.8 Å². The molecule has 0 fully saturated rings. The van der Waals surface area contributed by atoms with Crippen LogP contribution in [0.15, 0.2) is 35.8 Å². The molecule has 0 aliphatic heterocycles. The molecule has 1 aromatic heterocycles. The van der Waals surface area contributed by atoms with Gasteiger partial charge in [0.1, 0.15) is 5.01 Å². The molecule has 2 N–H and O–H groups in total. The Morgan fingerprint density at radius 1 is 1.17 bits per heavy atom. The van der Waals surface area contributed by atoms with Gasteiger partial charge in [0.25, 0.3) is 0 Å². The smallest absolute Gasteiger partial charge is 0.226 e. The van der Waals surface area contributed by atoms with E-state index in [9.17, 15) is 9.59 Å². The lowest BCUT2D eigenvalue weighted by Gasteiger charge is -2.17. The number of carbonyl (C=O) groups excluding carboxylic acids is 2. The zero-order valence-corrected chi connectivity index (χ0v) is 14.4. The highest BCUT2D eigenvalue weighted by molar-refractivity contribution is 7.13. The lowest BCUT2D eigenvalue weighted by atomic mass is 9.96. The molecular formula is C17H21N3O2S. The third kappa shape index (κ3) is 5.17. The van der Waals surface area contributed by atoms with Gasteiger partial charge in [-0.15, -0.1) is 11.3 Å². The van der Waals surface area contributed by atoms with Crippen molar-refractivity contribution in [1.82, 2.24) is 10.3 Å². The summed E-state index contributed by atoms with van der Waals surface area (Å²) in [4.78, 5) is 27.8. The molecule has 0 saturated heterocycles. The number of thiazole rings is 1. The van der Waals surface area contributed by atoms with Crippen LogP contribution in [0.5, 0.6) is 0 Å². The number of hydrogen-bond acceptors (Lipinski definition) is 4. The van der Waals surface area contributed by atoms with Gasteiger partial charge in [-0.25, -0.2) is 4.98 Å². The molecular weight excluding hydrogens is 310 g/mol. The molecule has 1 aromatic carbocycles. The summed E-state index contributed by atoms with van der Waals surface area (Å²) in [5, 5.41) is 8.46. The van der Waals surface area contributed by atoms with E-state index in [1.54, 1.807) is 17.5 Å². The maximum atomic E-state index is 11.9. The number of aromatic nitrogens is 1. The Hall–Kier alpha value is -2.21. The molecule has 0 radical (unpaired) electrons. The second-order valence-corrected chi connectivity index (χ2v) is 7.11. The molecule has 2 amide bonds. The van der Waals surface area contributed by atoms with Crippen LogP contribution in [0.25, 0.3) is 10.6 Å². The Labute approximate surface area is 140 Å². The van der Waals surface area contributed by atoms with Crippen molar-refractivity contribution in [2.24, 2.45) is 5.41 Å². The average molecular weight is 331 g/mol. The largest absolute Gasteiger partial charge is 0.355 e. The zero-order valence-electron chi connectivity index (χ0n) is 13.6. The maximum absolute atomic E-state index is 11.9. The molecule has 1 heterocycles. The molecule has 2 rings (SSSR count). The number of amides is 2. The SMILES string of the molecule is CC(C)(C)C(=O)NCCC(=O)Nc1ccc(-c2nccs2)cc1. The molecule has 0 atom stereocenters. The first-order chi connectivity index (χ1) is 10.9. The van der Waals surface area contributed by atoms with Gasteiger partial charge in [-0.05, 0) is 24.3 Å². The minimum atomic E-state index is -0.442. The predicted octanol–water partition coefficient (Wildman–Crippen LogP) is 3.30. The molecule has 23 heavy (non-hydrogen) atoms. The van der Waals surface area contributed by atoms with Gasteiger partial charge in [0, 0.05) is 41.2 Å². The normalized spacial score (nSPS) is 11.1. The first-order valence-electron chi connectivity index (χ1n) is 7.44. The fourth-order valence-electron chi connectivity index (χ4n) is 1.84. The quantitative estimate of drug-likeness (QED) is 0.883. The minimum Gasteiger partial charge on any atom is -0.355 e. The summed E-state index contributed by atoms with van der Waals surface area (Å²) in [5.41, 5.74) is 1.31. The van der Waals surface area contributed by atoms with E-state index in [4.69, 9.17) is 0 Å². The number of benzene rings is 1. The summed E-state index contributed by atoms with van der Waals surface area (Å²) in [6.45, 7) is 5.85. The Bertz CT molecular complexity index is 658. The van der Waals surface area contributed by atoms with Crippen molar-refractivity contribution < 1.29 is 9.59 Å². The van der Waals surface area contributed by atoms with E-state index < -0.39 is 5.41 Å². The van der Waals surface area contributed by atoms with Gasteiger partial charge in [-0.3, -0.25) is 9.59 Å². The Kier molecular flexibility index (Phi) is 5.50. The highest BCUT2D eigenvalue weighted by Gasteiger charge is 2.20. The van der Waals surface area contributed by atoms with E-state index in [-0.39, 0.29) is 18.2 Å². The number of nitrogens with one attached hydrogen (secondary N) is 2. The van der Waals surface area contributed by atoms with Crippen LogP contribution in [-0.2, 0) is 9.59 Å². The molecule has 0 aliphatic carbocycles. The van der Waals surface area contributed by atoms with E-state index in [0.717, 1.165) is 16.3 Å². The molecule has 0 saturated carbocycles. The lowest BCUT2D eigenvalue weighted by molar-refractivity contribution is -0.128. The lowest BCUT2D eigenvalue weighted by Crippen LogP contribution is -2.36. The molecule has 2 aromatic rings. The third-order valence-corrected chi connectivity index (χ3v) is 3.99. The van der Waals surface area contributed by atoms with Gasteiger partial charge in [0.2, 0.25) is 11.8 Å². The van der Waals surface area contributed by atoms with E-state index in [1.807, 2.05) is 50.4 Å². The van der Waals surface area contributed by atoms with Gasteiger partial charge in [0.15, 0.2) is 0 Å². The molecule has 5 nitrogen and oxygen atoms in total. The highest BCUT2D eigenvalue weighted by atomic mass is 32.1. The Balaban J connectivity index is 1.80. The van der Waals surface area contributed by atoms with Gasteiger partial charge in [-0.2, -0.15) is 0 Å².